The molecule has 1 saturated heterocycles. The zero-order chi connectivity index (χ0) is 13.5. The van der Waals surface area contributed by atoms with Crippen LogP contribution in [0.25, 0.3) is 0 Å². The number of nitrogens with one attached hydrogen (secondary N) is 1. The number of amides is 2. The molecule has 1 unspecified atom stereocenters. The van der Waals surface area contributed by atoms with Gasteiger partial charge in [-0.3, -0.25) is 14.9 Å². The molecule has 0 saturated carbocycles. The van der Waals surface area contributed by atoms with Crippen LogP contribution in [0.4, 0.5) is 4.79 Å². The molecular weight excluding hydrogens is 595 g/mol. The number of halogens is 3. The van der Waals surface area contributed by atoms with Gasteiger partial charge in [-0.1, -0.05) is 23.9 Å². The molecule has 0 radical (unpaired) electrons. The number of hydrogen-bond acceptors (Lipinski definition) is 4. The summed E-state index contributed by atoms with van der Waals surface area (Å²) in [5.74, 6) is -0.0450. The SMILES string of the molecule is I[I-]I.O=C1NC(=O)C(Cc2ccc(O)cc2)S1. The number of imide groups is 1. The first-order valence-electron chi connectivity index (χ1n) is 4.73. The zero-order valence-corrected chi connectivity index (χ0v) is 16.2. The van der Waals surface area contributed by atoms with Crippen molar-refractivity contribution in [2.24, 2.45) is 0 Å². The van der Waals surface area contributed by atoms with E-state index in [2.05, 4.69) is 42.5 Å². The van der Waals surface area contributed by atoms with Crippen LogP contribution in [0.5, 0.6) is 5.75 Å². The van der Waals surface area contributed by atoms with Gasteiger partial charge in [0.2, 0.25) is 5.91 Å². The molecule has 0 aliphatic carbocycles. The molecule has 1 aliphatic rings. The third-order valence-electron chi connectivity index (χ3n) is 2.12. The Kier molecular flexibility index (Phi) is 8.18. The molecule has 1 aliphatic heterocycles. The molecule has 100 valence electrons. The molecule has 1 atom stereocenters. The second-order valence-electron chi connectivity index (χ2n) is 3.31. The fourth-order valence-corrected chi connectivity index (χ4v) is 2.23. The first kappa shape index (κ1) is 16.8. The summed E-state index contributed by atoms with van der Waals surface area (Å²) in [5.41, 5.74) is 0.926. The first-order chi connectivity index (χ1) is 8.56. The predicted molar refractivity (Wildman–Crippen MR) is 84.8 cm³/mol. The molecule has 8 heteroatoms. The van der Waals surface area contributed by atoms with Crippen molar-refractivity contribution in [2.45, 2.75) is 11.7 Å². The van der Waals surface area contributed by atoms with Gasteiger partial charge in [0.1, 0.15) is 5.75 Å². The largest absolute Gasteiger partial charge is 0.508 e. The summed E-state index contributed by atoms with van der Waals surface area (Å²) >= 11 is 6.31. The van der Waals surface area contributed by atoms with E-state index in [1.165, 1.54) is 0 Å². The fraction of sp³-hybridized carbons (Fsp3) is 0.200. The van der Waals surface area contributed by atoms with Crippen LogP contribution >= 0.6 is 49.0 Å². The van der Waals surface area contributed by atoms with Crippen LogP contribution in [0, 0.1) is 0 Å². The minimum atomic E-state index is -0.345. The van der Waals surface area contributed by atoms with Crippen molar-refractivity contribution in [1.82, 2.24) is 5.32 Å². The minimum Gasteiger partial charge on any atom is -0.508 e. The van der Waals surface area contributed by atoms with E-state index in [0.29, 0.717) is 19.7 Å². The van der Waals surface area contributed by atoms with Gasteiger partial charge in [-0.2, -0.15) is 0 Å². The Balaban J connectivity index is 0.000000492. The van der Waals surface area contributed by atoms with Gasteiger partial charge in [-0.15, -0.1) is 0 Å². The molecule has 1 aromatic carbocycles. The number of thioether (sulfide) groups is 1. The minimum absolute atomic E-state index is 0.193. The third-order valence-corrected chi connectivity index (χ3v) is 3.11. The maximum absolute atomic E-state index is 11.3. The van der Waals surface area contributed by atoms with E-state index in [4.69, 9.17) is 5.11 Å². The van der Waals surface area contributed by atoms with Crippen LogP contribution in [0.2, 0.25) is 0 Å². The van der Waals surface area contributed by atoms with E-state index in [0.717, 1.165) is 17.3 Å². The van der Waals surface area contributed by atoms with E-state index in [1.54, 1.807) is 24.3 Å². The van der Waals surface area contributed by atoms with Gasteiger partial charge in [0.05, 0.1) is 5.25 Å². The number of carbonyl (C=O) groups excluding carboxylic acids is 2. The van der Waals surface area contributed by atoms with Gasteiger partial charge in [0.25, 0.3) is 5.24 Å². The summed E-state index contributed by atoms with van der Waals surface area (Å²) in [5, 5.41) is 10.7. The molecule has 1 aromatic rings. The van der Waals surface area contributed by atoms with Crippen LogP contribution in [-0.2, 0) is 11.2 Å². The molecule has 2 N–H and O–H groups in total. The van der Waals surface area contributed by atoms with Gasteiger partial charge < -0.3 is 5.11 Å². The standard InChI is InChI=1S/C10H9NO3S.I3/c12-7-3-1-6(2-4-7)5-8-9(13)11-10(14)15-8;1-3-2/h1-4,8,12H,5H2,(H,11,13,14);/q;-1. The molecule has 2 rings (SSSR count). The number of aromatic hydroxyl groups is 1. The Hall–Kier alpha value is 0.700. The summed E-state index contributed by atoms with van der Waals surface area (Å²) in [7, 11) is 0. The average molecular weight is 604 g/mol. The summed E-state index contributed by atoms with van der Waals surface area (Å²) < 4.78 is 0. The van der Waals surface area contributed by atoms with Gasteiger partial charge in [-0.25, -0.2) is 0 Å². The number of hydrogen-bond donors (Lipinski definition) is 2. The molecule has 0 aromatic heterocycles. The Labute approximate surface area is 139 Å². The van der Waals surface area contributed by atoms with Crippen LogP contribution < -0.4 is 18.6 Å². The van der Waals surface area contributed by atoms with Crippen molar-refractivity contribution in [3.05, 3.63) is 29.8 Å². The van der Waals surface area contributed by atoms with Gasteiger partial charge in [-0.05, 0) is 24.1 Å². The number of rotatable bonds is 2. The Morgan fingerprint density at radius 2 is 1.83 bits per heavy atom. The molecule has 1 heterocycles. The second-order valence-corrected chi connectivity index (χ2v) is 20.7. The van der Waals surface area contributed by atoms with E-state index in [1.807, 2.05) is 0 Å². The molecule has 2 amide bonds. The van der Waals surface area contributed by atoms with Gasteiger partial charge in [0.15, 0.2) is 0 Å². The van der Waals surface area contributed by atoms with Crippen molar-refractivity contribution in [2.75, 3.05) is 0 Å². The van der Waals surface area contributed by atoms with E-state index < -0.39 is 0 Å². The second kappa shape index (κ2) is 8.79. The summed E-state index contributed by atoms with van der Waals surface area (Å²) in [6.45, 7) is 0. The van der Waals surface area contributed by atoms with Crippen molar-refractivity contribution in [3.63, 3.8) is 0 Å². The monoisotopic (exact) mass is 604 g/mol. The molecular formula is C10H9I3NO3S-. The summed E-state index contributed by atoms with van der Waals surface area (Å²) in [4.78, 5) is 22.2. The molecule has 1 fully saturated rings. The summed E-state index contributed by atoms with van der Waals surface area (Å²) in [6, 6.07) is 6.61. The van der Waals surface area contributed by atoms with Gasteiger partial charge >= 0.3 is 50.5 Å². The number of carbonyl (C=O) groups is 2. The van der Waals surface area contributed by atoms with Crippen molar-refractivity contribution < 1.29 is 28.0 Å². The fourth-order valence-electron chi connectivity index (χ4n) is 1.37. The van der Waals surface area contributed by atoms with E-state index in [-0.39, 0.29) is 22.1 Å². The molecule has 0 bridgehead atoms. The average Bonchev–Trinajstić information content (AvgIpc) is 2.62. The maximum Gasteiger partial charge on any atom is 0.286 e. The Morgan fingerprint density at radius 3 is 2.28 bits per heavy atom. The number of benzene rings is 1. The summed E-state index contributed by atoms with van der Waals surface area (Å²) in [6.07, 6.45) is 0.502. The predicted octanol–water partition coefficient (Wildman–Crippen LogP) is 0.0617. The van der Waals surface area contributed by atoms with E-state index in [9.17, 15) is 9.59 Å². The zero-order valence-electron chi connectivity index (χ0n) is 8.90. The molecule has 18 heavy (non-hydrogen) atoms. The van der Waals surface area contributed by atoms with Crippen LogP contribution in [0.1, 0.15) is 5.56 Å². The van der Waals surface area contributed by atoms with Crippen molar-refractivity contribution >= 4 is 60.1 Å². The van der Waals surface area contributed by atoms with E-state index >= 15 is 0 Å². The van der Waals surface area contributed by atoms with Crippen LogP contribution in [-0.4, -0.2) is 21.5 Å². The van der Waals surface area contributed by atoms with Crippen molar-refractivity contribution in [1.29, 1.82) is 0 Å². The quantitative estimate of drug-likeness (QED) is 0.470. The van der Waals surface area contributed by atoms with Gasteiger partial charge in [0, 0.05) is 0 Å². The molecule has 0 spiro atoms. The maximum atomic E-state index is 11.3. The number of phenolic OH excluding ortho intramolecular Hbond substituents is 1. The third kappa shape index (κ3) is 5.77. The Bertz CT molecular complexity index is 427. The molecule has 4 nitrogen and oxygen atoms in total. The Morgan fingerprint density at radius 1 is 1.28 bits per heavy atom. The van der Waals surface area contributed by atoms with Crippen LogP contribution in [0.3, 0.4) is 0 Å². The van der Waals surface area contributed by atoms with Crippen molar-refractivity contribution in [3.8, 4) is 5.75 Å². The van der Waals surface area contributed by atoms with Crippen LogP contribution in [0.15, 0.2) is 24.3 Å². The number of phenols is 1. The smallest absolute Gasteiger partial charge is 0.286 e. The topological polar surface area (TPSA) is 66.4 Å². The normalized spacial score (nSPS) is 18.2. The first-order valence-corrected chi connectivity index (χ1v) is 18.2.